The van der Waals surface area contributed by atoms with Gasteiger partial charge in [0.1, 0.15) is 17.4 Å². The molecule has 1 aliphatic rings. The van der Waals surface area contributed by atoms with E-state index in [4.69, 9.17) is 16.3 Å². The number of rotatable bonds is 3. The molecule has 0 radical (unpaired) electrons. The number of halogens is 3. The minimum Gasteiger partial charge on any atom is -0.497 e. The lowest BCUT2D eigenvalue weighted by Crippen LogP contribution is -2.22. The Kier molecular flexibility index (Phi) is 6.81. The molecule has 5 heteroatoms. The third-order valence-electron chi connectivity index (χ3n) is 4.12. The normalized spacial score (nSPS) is 13.8. The second kappa shape index (κ2) is 8.87. The van der Waals surface area contributed by atoms with Crippen LogP contribution in [0.15, 0.2) is 65.8 Å². The van der Waals surface area contributed by atoms with E-state index in [0.29, 0.717) is 22.0 Å². The summed E-state index contributed by atoms with van der Waals surface area (Å²) >= 11 is 6.26. The molecule has 0 bridgehead atoms. The molecule has 0 aliphatic carbocycles. The maximum atomic E-state index is 14.7. The highest BCUT2D eigenvalue weighted by Gasteiger charge is 2.27. The highest BCUT2D eigenvalue weighted by molar-refractivity contribution is 6.33. The van der Waals surface area contributed by atoms with Crippen LogP contribution in [0.2, 0.25) is 0 Å². The van der Waals surface area contributed by atoms with E-state index >= 15 is 0 Å². The van der Waals surface area contributed by atoms with Crippen LogP contribution in [0.3, 0.4) is 0 Å². The summed E-state index contributed by atoms with van der Waals surface area (Å²) in [4.78, 5) is 1.60. The van der Waals surface area contributed by atoms with E-state index in [9.17, 15) is 8.78 Å². The van der Waals surface area contributed by atoms with E-state index in [1.54, 1.807) is 18.0 Å². The van der Waals surface area contributed by atoms with Gasteiger partial charge < -0.3 is 9.64 Å². The molecule has 0 atom stereocenters. The molecule has 1 aliphatic heterocycles. The van der Waals surface area contributed by atoms with Gasteiger partial charge in [-0.1, -0.05) is 62.4 Å². The topological polar surface area (TPSA) is 12.5 Å². The van der Waals surface area contributed by atoms with Crippen molar-refractivity contribution in [3.63, 3.8) is 0 Å². The number of benzene rings is 2. The summed E-state index contributed by atoms with van der Waals surface area (Å²) in [5.41, 5.74) is 2.08. The molecule has 0 aromatic heterocycles. The van der Waals surface area contributed by atoms with Crippen molar-refractivity contribution in [1.82, 2.24) is 4.90 Å². The van der Waals surface area contributed by atoms with Gasteiger partial charge in [0.15, 0.2) is 0 Å². The molecule has 0 N–H and O–H groups in total. The van der Waals surface area contributed by atoms with Crippen molar-refractivity contribution in [2.24, 2.45) is 0 Å². The van der Waals surface area contributed by atoms with Gasteiger partial charge in [-0.2, -0.15) is 0 Å². The first-order valence-electron chi connectivity index (χ1n) is 8.57. The Balaban J connectivity index is 0.00000126. The maximum Gasteiger partial charge on any atom is 0.139 e. The molecule has 27 heavy (non-hydrogen) atoms. The van der Waals surface area contributed by atoms with Crippen LogP contribution in [0.1, 0.15) is 25.0 Å². The number of hydrogen-bond donors (Lipinski definition) is 0. The molecule has 0 spiro atoms. The van der Waals surface area contributed by atoms with Gasteiger partial charge in [-0.05, 0) is 11.6 Å². The number of allylic oxidation sites excluding steroid dienone is 3. The first kappa shape index (κ1) is 20.7. The monoisotopic (exact) mass is 389 g/mol. The van der Waals surface area contributed by atoms with Crippen molar-refractivity contribution in [3.8, 4) is 5.75 Å². The molecule has 1 heterocycles. The van der Waals surface area contributed by atoms with Gasteiger partial charge >= 0.3 is 0 Å². The fraction of sp³-hybridized carbons (Fsp3) is 0.182. The molecular weight excluding hydrogens is 368 g/mol. The molecule has 0 saturated heterocycles. The zero-order valence-electron chi connectivity index (χ0n) is 15.8. The number of methoxy groups -OCH3 is 1. The standard InChI is InChI=1S/C20H16ClF2NO.C2H6/c1-12-16(21)11-15(13-7-5-4-6-8-13)20(24(12)2)19-17(22)9-14(25-3)10-18(19)23;1-2/h4-11H,1H2,2-3H3;1-2H3. The van der Waals surface area contributed by atoms with Crippen LogP contribution < -0.4 is 4.74 Å². The molecule has 2 nitrogen and oxygen atoms in total. The van der Waals surface area contributed by atoms with Crippen molar-refractivity contribution in [1.29, 1.82) is 0 Å². The summed E-state index contributed by atoms with van der Waals surface area (Å²) in [6.45, 7) is 7.90. The smallest absolute Gasteiger partial charge is 0.139 e. The lowest BCUT2D eigenvalue weighted by molar-refractivity contribution is 0.406. The van der Waals surface area contributed by atoms with Gasteiger partial charge in [0, 0.05) is 24.8 Å². The molecule has 0 fully saturated rings. The van der Waals surface area contributed by atoms with Crippen LogP contribution in [-0.4, -0.2) is 19.1 Å². The van der Waals surface area contributed by atoms with Gasteiger partial charge in [-0.25, -0.2) is 8.78 Å². The van der Waals surface area contributed by atoms with Crippen LogP contribution in [0.25, 0.3) is 11.3 Å². The van der Waals surface area contributed by atoms with Crippen LogP contribution in [0, 0.1) is 11.6 Å². The Morgan fingerprint density at radius 1 is 1.04 bits per heavy atom. The van der Waals surface area contributed by atoms with Crippen LogP contribution in [0.5, 0.6) is 5.75 Å². The fourth-order valence-electron chi connectivity index (χ4n) is 2.79. The van der Waals surface area contributed by atoms with Crippen molar-refractivity contribution in [2.45, 2.75) is 13.8 Å². The minimum absolute atomic E-state index is 0.117. The van der Waals surface area contributed by atoms with E-state index in [2.05, 4.69) is 6.58 Å². The van der Waals surface area contributed by atoms with Crippen molar-refractivity contribution < 1.29 is 13.5 Å². The molecule has 2 aromatic carbocycles. The van der Waals surface area contributed by atoms with E-state index in [-0.39, 0.29) is 11.3 Å². The quantitative estimate of drug-likeness (QED) is 0.598. The third-order valence-corrected chi connectivity index (χ3v) is 4.44. The van der Waals surface area contributed by atoms with Gasteiger partial charge in [-0.15, -0.1) is 0 Å². The van der Waals surface area contributed by atoms with Gasteiger partial charge in [0.25, 0.3) is 0 Å². The fourth-order valence-corrected chi connectivity index (χ4v) is 3.02. The summed E-state index contributed by atoms with van der Waals surface area (Å²) in [6, 6.07) is 11.6. The van der Waals surface area contributed by atoms with Crippen molar-refractivity contribution in [3.05, 3.63) is 88.6 Å². The maximum absolute atomic E-state index is 14.7. The predicted molar refractivity (Wildman–Crippen MR) is 108 cm³/mol. The van der Waals surface area contributed by atoms with Crippen LogP contribution in [0.4, 0.5) is 8.78 Å². The van der Waals surface area contributed by atoms with E-state index in [1.165, 1.54) is 7.11 Å². The van der Waals surface area contributed by atoms with Crippen LogP contribution >= 0.6 is 11.6 Å². The van der Waals surface area contributed by atoms with Crippen LogP contribution in [-0.2, 0) is 0 Å². The largest absolute Gasteiger partial charge is 0.497 e. The average molecular weight is 390 g/mol. The number of likely N-dealkylation sites (N-methyl/N-ethyl adjacent to an activating group) is 1. The lowest BCUT2D eigenvalue weighted by atomic mass is 9.94. The first-order chi connectivity index (χ1) is 12.9. The van der Waals surface area contributed by atoms with Gasteiger partial charge in [-0.3, -0.25) is 0 Å². The number of ether oxygens (including phenoxy) is 1. The molecule has 2 aromatic rings. The highest BCUT2D eigenvalue weighted by Crippen LogP contribution is 2.41. The molecule has 142 valence electrons. The Hall–Kier alpha value is -2.59. The van der Waals surface area contributed by atoms with Crippen molar-refractivity contribution >= 4 is 22.9 Å². The summed E-state index contributed by atoms with van der Waals surface area (Å²) in [5.74, 6) is -1.32. The highest BCUT2D eigenvalue weighted by atomic mass is 35.5. The zero-order chi connectivity index (χ0) is 20.1. The molecule has 0 saturated carbocycles. The molecule has 0 amide bonds. The second-order valence-electron chi connectivity index (χ2n) is 5.59. The van der Waals surface area contributed by atoms with E-state index in [1.807, 2.05) is 44.2 Å². The van der Waals surface area contributed by atoms with E-state index in [0.717, 1.165) is 17.7 Å². The lowest BCUT2D eigenvalue weighted by Gasteiger charge is -2.31. The Labute approximate surface area is 164 Å². The predicted octanol–water partition coefficient (Wildman–Crippen LogP) is 6.45. The first-order valence-corrected chi connectivity index (χ1v) is 8.95. The molecule has 3 rings (SSSR count). The third kappa shape index (κ3) is 4.06. The van der Waals surface area contributed by atoms with Gasteiger partial charge in [0.2, 0.25) is 0 Å². The summed E-state index contributed by atoms with van der Waals surface area (Å²) in [7, 11) is 3.04. The Morgan fingerprint density at radius 3 is 2.11 bits per heavy atom. The number of hydrogen-bond acceptors (Lipinski definition) is 2. The summed E-state index contributed by atoms with van der Waals surface area (Å²) < 4.78 is 34.3. The molecular formula is C22H22ClF2NO. The Bertz CT molecular complexity index is 881. The minimum atomic E-state index is -0.716. The van der Waals surface area contributed by atoms with E-state index < -0.39 is 11.6 Å². The number of nitrogens with zero attached hydrogens (tertiary/aromatic N) is 1. The SMILES string of the molecule is C=C1C(Cl)=CC(c2ccccc2)=C(c2c(F)cc(OC)cc2F)N1C.CC. The summed E-state index contributed by atoms with van der Waals surface area (Å²) in [6.07, 6.45) is 1.68. The van der Waals surface area contributed by atoms with Crippen molar-refractivity contribution in [2.75, 3.05) is 14.2 Å². The Morgan fingerprint density at radius 2 is 1.59 bits per heavy atom. The van der Waals surface area contributed by atoms with Gasteiger partial charge in [0.05, 0.1) is 29.1 Å². The summed E-state index contributed by atoms with van der Waals surface area (Å²) in [5, 5.41) is 0.416. The zero-order valence-corrected chi connectivity index (χ0v) is 16.6. The second-order valence-corrected chi connectivity index (χ2v) is 6.00. The molecule has 0 unspecified atom stereocenters. The average Bonchev–Trinajstić information content (AvgIpc) is 2.69.